The Hall–Kier alpha value is -1.02. The second kappa shape index (κ2) is 5.01. The molecule has 0 saturated heterocycles. The fourth-order valence-corrected chi connectivity index (χ4v) is 1.39. The van der Waals surface area contributed by atoms with Crippen molar-refractivity contribution in [2.75, 3.05) is 20.7 Å². The number of nitrogens with zero attached hydrogens (tertiary/aromatic N) is 1. The number of aryl methyl sites for hydroxylation is 1. The molecule has 0 fully saturated rings. The number of hydrogen-bond acceptors (Lipinski definition) is 2. The molecule has 0 saturated carbocycles. The van der Waals surface area contributed by atoms with Gasteiger partial charge in [-0.1, -0.05) is 19.1 Å². The van der Waals surface area contributed by atoms with Crippen molar-refractivity contribution < 1.29 is 4.74 Å². The lowest BCUT2D eigenvalue weighted by molar-refractivity contribution is 0.333. The molecular formula is C12H19NO. The van der Waals surface area contributed by atoms with Crippen molar-refractivity contribution in [2.45, 2.75) is 20.4 Å². The Morgan fingerprint density at radius 3 is 2.64 bits per heavy atom. The SMILES string of the molecule is CCN(C)Cc1ccc(C)cc1OC. The lowest BCUT2D eigenvalue weighted by Gasteiger charge is -2.16. The summed E-state index contributed by atoms with van der Waals surface area (Å²) in [7, 11) is 3.84. The highest BCUT2D eigenvalue weighted by Gasteiger charge is 2.04. The number of methoxy groups -OCH3 is 1. The second-order valence-corrected chi connectivity index (χ2v) is 3.65. The van der Waals surface area contributed by atoms with Crippen LogP contribution in [0.15, 0.2) is 18.2 Å². The van der Waals surface area contributed by atoms with Crippen molar-refractivity contribution in [3.63, 3.8) is 0 Å². The maximum atomic E-state index is 5.34. The van der Waals surface area contributed by atoms with Gasteiger partial charge in [-0.2, -0.15) is 0 Å². The Kier molecular flexibility index (Phi) is 3.96. The Labute approximate surface area is 86.5 Å². The molecule has 0 aromatic heterocycles. The maximum Gasteiger partial charge on any atom is 0.123 e. The molecule has 0 spiro atoms. The van der Waals surface area contributed by atoms with Gasteiger partial charge in [0.1, 0.15) is 5.75 Å². The first-order valence-corrected chi connectivity index (χ1v) is 4.99. The van der Waals surface area contributed by atoms with Gasteiger partial charge in [-0.15, -0.1) is 0 Å². The van der Waals surface area contributed by atoms with Crippen LogP contribution < -0.4 is 4.74 Å². The minimum Gasteiger partial charge on any atom is -0.496 e. The Balaban J connectivity index is 2.85. The van der Waals surface area contributed by atoms with Crippen LogP contribution >= 0.6 is 0 Å². The van der Waals surface area contributed by atoms with Crippen LogP contribution in [0.5, 0.6) is 5.75 Å². The summed E-state index contributed by atoms with van der Waals surface area (Å²) in [4.78, 5) is 2.26. The Bertz CT molecular complexity index is 296. The molecule has 0 heterocycles. The molecule has 14 heavy (non-hydrogen) atoms. The van der Waals surface area contributed by atoms with Gasteiger partial charge in [-0.05, 0) is 32.1 Å². The fraction of sp³-hybridized carbons (Fsp3) is 0.500. The van der Waals surface area contributed by atoms with Crippen LogP contribution in [-0.2, 0) is 6.54 Å². The van der Waals surface area contributed by atoms with E-state index in [-0.39, 0.29) is 0 Å². The molecule has 0 radical (unpaired) electrons. The van der Waals surface area contributed by atoms with E-state index >= 15 is 0 Å². The summed E-state index contributed by atoms with van der Waals surface area (Å²) in [5.74, 6) is 0.991. The van der Waals surface area contributed by atoms with Crippen molar-refractivity contribution in [2.24, 2.45) is 0 Å². The van der Waals surface area contributed by atoms with Crippen LogP contribution in [0.25, 0.3) is 0 Å². The third-order valence-electron chi connectivity index (χ3n) is 2.42. The molecule has 0 N–H and O–H groups in total. The van der Waals surface area contributed by atoms with Crippen molar-refractivity contribution in [1.29, 1.82) is 0 Å². The van der Waals surface area contributed by atoms with Gasteiger partial charge in [0, 0.05) is 12.1 Å². The predicted octanol–water partition coefficient (Wildman–Crippen LogP) is 2.46. The molecule has 0 aliphatic rings. The molecule has 1 aromatic rings. The molecule has 0 unspecified atom stereocenters. The minimum absolute atomic E-state index is 0.944. The molecule has 0 aliphatic heterocycles. The molecule has 0 atom stereocenters. The van der Waals surface area contributed by atoms with Gasteiger partial charge in [-0.3, -0.25) is 0 Å². The molecule has 2 nitrogen and oxygen atoms in total. The normalized spacial score (nSPS) is 10.6. The zero-order valence-corrected chi connectivity index (χ0v) is 9.50. The second-order valence-electron chi connectivity index (χ2n) is 3.65. The predicted molar refractivity (Wildman–Crippen MR) is 59.7 cm³/mol. The van der Waals surface area contributed by atoms with Gasteiger partial charge in [0.2, 0.25) is 0 Å². The van der Waals surface area contributed by atoms with Crippen LogP contribution in [0.1, 0.15) is 18.1 Å². The van der Waals surface area contributed by atoms with Gasteiger partial charge < -0.3 is 9.64 Å². The van der Waals surface area contributed by atoms with E-state index < -0.39 is 0 Å². The van der Waals surface area contributed by atoms with E-state index in [2.05, 4.69) is 44.0 Å². The lowest BCUT2D eigenvalue weighted by Crippen LogP contribution is -2.17. The quantitative estimate of drug-likeness (QED) is 0.728. The number of ether oxygens (including phenoxy) is 1. The van der Waals surface area contributed by atoms with Gasteiger partial charge >= 0.3 is 0 Å². The van der Waals surface area contributed by atoms with Crippen LogP contribution in [0.2, 0.25) is 0 Å². The highest BCUT2D eigenvalue weighted by atomic mass is 16.5. The molecule has 78 valence electrons. The Morgan fingerprint density at radius 2 is 2.07 bits per heavy atom. The number of hydrogen-bond donors (Lipinski definition) is 0. The summed E-state index contributed by atoms with van der Waals surface area (Å²) in [5, 5.41) is 0. The third kappa shape index (κ3) is 2.74. The molecule has 2 heteroatoms. The topological polar surface area (TPSA) is 12.5 Å². The highest BCUT2D eigenvalue weighted by Crippen LogP contribution is 2.20. The number of rotatable bonds is 4. The molecule has 0 bridgehead atoms. The van der Waals surface area contributed by atoms with Crippen LogP contribution in [-0.4, -0.2) is 25.6 Å². The largest absolute Gasteiger partial charge is 0.496 e. The number of benzene rings is 1. The van der Waals surface area contributed by atoms with Crippen molar-refractivity contribution >= 4 is 0 Å². The van der Waals surface area contributed by atoms with E-state index in [0.29, 0.717) is 0 Å². The molecule has 1 rings (SSSR count). The monoisotopic (exact) mass is 193 g/mol. The molecular weight excluding hydrogens is 174 g/mol. The first kappa shape index (κ1) is 11.1. The average Bonchev–Trinajstić information content (AvgIpc) is 2.20. The van der Waals surface area contributed by atoms with Gasteiger partial charge in [0.15, 0.2) is 0 Å². The Morgan fingerprint density at radius 1 is 1.36 bits per heavy atom. The molecule has 0 amide bonds. The van der Waals surface area contributed by atoms with Crippen LogP contribution in [0.3, 0.4) is 0 Å². The first-order chi connectivity index (χ1) is 6.67. The maximum absolute atomic E-state index is 5.34. The summed E-state index contributed by atoms with van der Waals surface area (Å²) in [5.41, 5.74) is 2.49. The minimum atomic E-state index is 0.944. The summed E-state index contributed by atoms with van der Waals surface area (Å²) in [6.45, 7) is 6.23. The van der Waals surface area contributed by atoms with Crippen LogP contribution in [0, 0.1) is 6.92 Å². The van der Waals surface area contributed by atoms with E-state index in [9.17, 15) is 0 Å². The van der Waals surface area contributed by atoms with E-state index in [1.54, 1.807) is 7.11 Å². The van der Waals surface area contributed by atoms with E-state index in [1.807, 2.05) is 0 Å². The smallest absolute Gasteiger partial charge is 0.123 e. The van der Waals surface area contributed by atoms with Crippen molar-refractivity contribution in [3.8, 4) is 5.75 Å². The van der Waals surface area contributed by atoms with Crippen LogP contribution in [0.4, 0.5) is 0 Å². The lowest BCUT2D eigenvalue weighted by atomic mass is 10.1. The molecule has 1 aromatic carbocycles. The summed E-state index contributed by atoms with van der Waals surface area (Å²) < 4.78 is 5.34. The van der Waals surface area contributed by atoms with E-state index in [0.717, 1.165) is 18.8 Å². The zero-order chi connectivity index (χ0) is 10.6. The zero-order valence-electron chi connectivity index (χ0n) is 9.50. The van der Waals surface area contributed by atoms with Crippen molar-refractivity contribution in [1.82, 2.24) is 4.90 Å². The van der Waals surface area contributed by atoms with Gasteiger partial charge in [0.25, 0.3) is 0 Å². The summed E-state index contributed by atoms with van der Waals surface area (Å²) >= 11 is 0. The third-order valence-corrected chi connectivity index (χ3v) is 2.42. The highest BCUT2D eigenvalue weighted by molar-refractivity contribution is 5.36. The van der Waals surface area contributed by atoms with E-state index in [4.69, 9.17) is 4.74 Å². The summed E-state index contributed by atoms with van der Waals surface area (Å²) in [6.07, 6.45) is 0. The first-order valence-electron chi connectivity index (χ1n) is 4.99. The van der Waals surface area contributed by atoms with E-state index in [1.165, 1.54) is 11.1 Å². The van der Waals surface area contributed by atoms with Crippen molar-refractivity contribution in [3.05, 3.63) is 29.3 Å². The summed E-state index contributed by atoms with van der Waals surface area (Å²) in [6, 6.07) is 6.35. The fourth-order valence-electron chi connectivity index (χ4n) is 1.39. The molecule has 0 aliphatic carbocycles. The standard InChI is InChI=1S/C12H19NO/c1-5-13(3)9-11-7-6-10(2)8-12(11)14-4/h6-8H,5,9H2,1-4H3. The average molecular weight is 193 g/mol. The van der Waals surface area contributed by atoms with Gasteiger partial charge in [-0.25, -0.2) is 0 Å². The van der Waals surface area contributed by atoms with Gasteiger partial charge in [0.05, 0.1) is 7.11 Å².